The molecule has 0 aliphatic rings. The lowest BCUT2D eigenvalue weighted by molar-refractivity contribution is -0.167. The second-order valence-corrected chi connectivity index (χ2v) is 18.9. The molecule has 0 saturated heterocycles. The number of unbranched alkanes of at least 4 members (excludes halogenated alkanes) is 38. The van der Waals surface area contributed by atoms with Crippen LogP contribution in [-0.4, -0.2) is 37.2 Å². The van der Waals surface area contributed by atoms with Gasteiger partial charge in [-0.25, -0.2) is 0 Å². The minimum atomic E-state index is -0.766. The van der Waals surface area contributed by atoms with Crippen LogP contribution in [0.4, 0.5) is 0 Å². The minimum absolute atomic E-state index is 0.0693. The summed E-state index contributed by atoms with van der Waals surface area (Å²) in [6.07, 6.45) is 58.3. The maximum Gasteiger partial charge on any atom is 0.306 e. The van der Waals surface area contributed by atoms with Crippen LogP contribution in [0.2, 0.25) is 0 Å². The molecular formula is C56H106O6. The lowest BCUT2D eigenvalue weighted by atomic mass is 10.0. The first-order valence-corrected chi connectivity index (χ1v) is 27.7. The molecule has 0 aromatic carbocycles. The molecule has 366 valence electrons. The molecule has 1 unspecified atom stereocenters. The Morgan fingerprint density at radius 2 is 0.548 bits per heavy atom. The van der Waals surface area contributed by atoms with Crippen molar-refractivity contribution in [2.24, 2.45) is 0 Å². The molecule has 0 aliphatic carbocycles. The van der Waals surface area contributed by atoms with Gasteiger partial charge in [-0.1, -0.05) is 264 Å². The number of carbonyl (C=O) groups excluding carboxylic acids is 3. The van der Waals surface area contributed by atoms with Gasteiger partial charge in [-0.2, -0.15) is 0 Å². The van der Waals surface area contributed by atoms with Gasteiger partial charge in [0.2, 0.25) is 0 Å². The van der Waals surface area contributed by atoms with E-state index < -0.39 is 6.10 Å². The highest BCUT2D eigenvalue weighted by molar-refractivity contribution is 5.71. The topological polar surface area (TPSA) is 78.9 Å². The van der Waals surface area contributed by atoms with E-state index in [1.54, 1.807) is 0 Å². The Hall–Kier alpha value is -1.85. The number of allylic oxidation sites excluding steroid dienone is 2. The number of ether oxygens (including phenoxy) is 3. The Morgan fingerprint density at radius 1 is 0.306 bits per heavy atom. The molecule has 1 atom stereocenters. The third-order valence-corrected chi connectivity index (χ3v) is 12.5. The monoisotopic (exact) mass is 875 g/mol. The minimum Gasteiger partial charge on any atom is -0.462 e. The predicted molar refractivity (Wildman–Crippen MR) is 266 cm³/mol. The SMILES string of the molecule is CCCC/C=C\CCCCCCCC(=O)OC(COC(=O)CCCCCCCC)COC(=O)CCCCCCCCCCCCCCCCCCCCCCCCCCCCC. The Balaban J connectivity index is 3.95. The summed E-state index contributed by atoms with van der Waals surface area (Å²) in [5.41, 5.74) is 0. The molecule has 0 saturated carbocycles. The van der Waals surface area contributed by atoms with E-state index in [1.165, 1.54) is 205 Å². The molecule has 0 aromatic rings. The lowest BCUT2D eigenvalue weighted by Crippen LogP contribution is -2.30. The third-order valence-electron chi connectivity index (χ3n) is 12.5. The van der Waals surface area contributed by atoms with E-state index in [9.17, 15) is 14.4 Å². The molecule has 0 spiro atoms. The van der Waals surface area contributed by atoms with E-state index >= 15 is 0 Å². The standard InChI is InChI=1S/C56H106O6/c1-4-7-10-13-16-18-20-21-22-23-24-25-26-27-28-29-30-31-32-33-34-35-37-38-40-43-46-49-55(58)61-52-53(51-60-54(57)48-45-42-15-12-9-6-3)62-56(59)50-47-44-41-39-36-19-17-14-11-8-5-2/h14,17,53H,4-13,15-16,18-52H2,1-3H3/b17-14-. The van der Waals surface area contributed by atoms with Gasteiger partial charge in [0.15, 0.2) is 6.10 Å². The summed E-state index contributed by atoms with van der Waals surface area (Å²) in [4.78, 5) is 37.7. The van der Waals surface area contributed by atoms with Crippen LogP contribution in [0.5, 0.6) is 0 Å². The summed E-state index contributed by atoms with van der Waals surface area (Å²) in [5.74, 6) is -0.875. The Labute approximate surface area is 386 Å². The molecule has 6 heteroatoms. The zero-order valence-corrected chi connectivity index (χ0v) is 41.9. The van der Waals surface area contributed by atoms with Crippen molar-refractivity contribution in [1.82, 2.24) is 0 Å². The first-order valence-electron chi connectivity index (χ1n) is 27.7. The summed E-state index contributed by atoms with van der Waals surface area (Å²) in [6, 6.07) is 0. The number of rotatable bonds is 51. The fourth-order valence-electron chi connectivity index (χ4n) is 8.31. The summed E-state index contributed by atoms with van der Waals surface area (Å²) >= 11 is 0. The van der Waals surface area contributed by atoms with E-state index in [0.717, 1.165) is 64.2 Å². The molecule has 0 aromatic heterocycles. The molecule has 0 bridgehead atoms. The zero-order valence-electron chi connectivity index (χ0n) is 41.9. The number of hydrogen-bond donors (Lipinski definition) is 0. The lowest BCUT2D eigenvalue weighted by Gasteiger charge is -2.18. The quantitative estimate of drug-likeness (QED) is 0.0262. The van der Waals surface area contributed by atoms with Gasteiger partial charge in [-0.05, 0) is 38.5 Å². The molecule has 0 N–H and O–H groups in total. The van der Waals surface area contributed by atoms with Crippen LogP contribution in [0.3, 0.4) is 0 Å². The van der Waals surface area contributed by atoms with Crippen molar-refractivity contribution in [1.29, 1.82) is 0 Å². The van der Waals surface area contributed by atoms with Gasteiger partial charge in [0.1, 0.15) is 13.2 Å². The molecule has 0 aliphatic heterocycles. The second kappa shape index (κ2) is 51.8. The molecule has 0 radical (unpaired) electrons. The zero-order chi connectivity index (χ0) is 45.1. The highest BCUT2D eigenvalue weighted by Crippen LogP contribution is 2.17. The number of hydrogen-bond acceptors (Lipinski definition) is 6. The van der Waals surface area contributed by atoms with Crippen LogP contribution >= 0.6 is 0 Å². The highest BCUT2D eigenvalue weighted by Gasteiger charge is 2.19. The molecule has 0 fully saturated rings. The molecule has 6 nitrogen and oxygen atoms in total. The average molecular weight is 875 g/mol. The third kappa shape index (κ3) is 49.2. The molecule has 62 heavy (non-hydrogen) atoms. The van der Waals surface area contributed by atoms with Crippen molar-refractivity contribution in [2.45, 2.75) is 316 Å². The van der Waals surface area contributed by atoms with Gasteiger partial charge in [-0.3, -0.25) is 14.4 Å². The van der Waals surface area contributed by atoms with E-state index in [-0.39, 0.29) is 31.1 Å². The van der Waals surface area contributed by atoms with Gasteiger partial charge >= 0.3 is 17.9 Å². The Kier molecular flexibility index (Phi) is 50.2. The second-order valence-electron chi connectivity index (χ2n) is 18.9. The molecular weight excluding hydrogens is 769 g/mol. The number of esters is 3. The fraction of sp³-hybridized carbons (Fsp3) is 0.911. The van der Waals surface area contributed by atoms with Gasteiger partial charge in [0, 0.05) is 19.3 Å². The van der Waals surface area contributed by atoms with Crippen LogP contribution in [0, 0.1) is 0 Å². The normalized spacial score (nSPS) is 12.0. The van der Waals surface area contributed by atoms with Crippen molar-refractivity contribution in [2.75, 3.05) is 13.2 Å². The summed E-state index contributed by atoms with van der Waals surface area (Å²) in [6.45, 7) is 6.57. The van der Waals surface area contributed by atoms with Crippen molar-refractivity contribution in [3.8, 4) is 0 Å². The summed E-state index contributed by atoms with van der Waals surface area (Å²) in [7, 11) is 0. The van der Waals surface area contributed by atoms with Gasteiger partial charge < -0.3 is 14.2 Å². The molecule has 0 amide bonds. The van der Waals surface area contributed by atoms with E-state index in [2.05, 4.69) is 32.9 Å². The van der Waals surface area contributed by atoms with E-state index in [4.69, 9.17) is 14.2 Å². The summed E-state index contributed by atoms with van der Waals surface area (Å²) in [5, 5.41) is 0. The van der Waals surface area contributed by atoms with Crippen molar-refractivity contribution >= 4 is 17.9 Å². The van der Waals surface area contributed by atoms with Crippen LogP contribution in [0.15, 0.2) is 12.2 Å². The highest BCUT2D eigenvalue weighted by atomic mass is 16.6. The average Bonchev–Trinajstić information content (AvgIpc) is 3.27. The predicted octanol–water partition coefficient (Wildman–Crippen LogP) is 18.2. The van der Waals surface area contributed by atoms with Crippen LogP contribution < -0.4 is 0 Å². The Morgan fingerprint density at radius 3 is 0.855 bits per heavy atom. The van der Waals surface area contributed by atoms with Crippen molar-refractivity contribution < 1.29 is 28.6 Å². The maximum atomic E-state index is 12.7. The van der Waals surface area contributed by atoms with Gasteiger partial charge in [0.05, 0.1) is 0 Å². The van der Waals surface area contributed by atoms with Crippen LogP contribution in [0.25, 0.3) is 0 Å². The first-order chi connectivity index (χ1) is 30.5. The maximum absolute atomic E-state index is 12.7. The molecule has 0 heterocycles. The number of carbonyl (C=O) groups is 3. The van der Waals surface area contributed by atoms with Crippen LogP contribution in [0.1, 0.15) is 310 Å². The van der Waals surface area contributed by atoms with Gasteiger partial charge in [-0.15, -0.1) is 0 Å². The fourth-order valence-corrected chi connectivity index (χ4v) is 8.31. The summed E-state index contributed by atoms with van der Waals surface area (Å²) < 4.78 is 16.7. The smallest absolute Gasteiger partial charge is 0.306 e. The van der Waals surface area contributed by atoms with Crippen molar-refractivity contribution in [3.05, 3.63) is 12.2 Å². The Bertz CT molecular complexity index is 962. The van der Waals surface area contributed by atoms with E-state index in [0.29, 0.717) is 19.3 Å². The first kappa shape index (κ1) is 60.2. The van der Waals surface area contributed by atoms with E-state index in [1.807, 2.05) is 0 Å². The largest absolute Gasteiger partial charge is 0.462 e. The van der Waals surface area contributed by atoms with Crippen LogP contribution in [-0.2, 0) is 28.6 Å². The van der Waals surface area contributed by atoms with Crippen molar-refractivity contribution in [3.63, 3.8) is 0 Å². The van der Waals surface area contributed by atoms with Gasteiger partial charge in [0.25, 0.3) is 0 Å². The molecule has 0 rings (SSSR count).